The highest BCUT2D eigenvalue weighted by molar-refractivity contribution is 5.15. The van der Waals surface area contributed by atoms with E-state index in [1.165, 1.54) is 31.2 Å². The van der Waals surface area contributed by atoms with Gasteiger partial charge in [-0.3, -0.25) is 4.68 Å². The van der Waals surface area contributed by atoms with Crippen LogP contribution in [-0.2, 0) is 12.8 Å². The fourth-order valence-electron chi connectivity index (χ4n) is 3.23. The summed E-state index contributed by atoms with van der Waals surface area (Å²) in [6, 6.07) is 13.5. The van der Waals surface area contributed by atoms with E-state index in [0.29, 0.717) is 6.04 Å². The summed E-state index contributed by atoms with van der Waals surface area (Å²) in [5, 5.41) is 4.72. The number of benzene rings is 1. The molecule has 0 bridgehead atoms. The number of hydrogen-bond acceptors (Lipinski definition) is 2. The lowest BCUT2D eigenvalue weighted by molar-refractivity contribution is 0.460. The average molecular weight is 283 g/mol. The van der Waals surface area contributed by atoms with Crippen molar-refractivity contribution >= 4 is 0 Å². The molecule has 2 aromatic rings. The van der Waals surface area contributed by atoms with Gasteiger partial charge < -0.3 is 5.73 Å². The summed E-state index contributed by atoms with van der Waals surface area (Å²) in [5.74, 6) is 0. The van der Waals surface area contributed by atoms with Crippen molar-refractivity contribution in [3.8, 4) is 0 Å². The molecule has 1 fully saturated rings. The summed E-state index contributed by atoms with van der Waals surface area (Å²) in [6.07, 6.45) is 10.3. The fourth-order valence-corrected chi connectivity index (χ4v) is 3.23. The molecule has 3 heteroatoms. The van der Waals surface area contributed by atoms with Crippen LogP contribution in [0.4, 0.5) is 0 Å². The summed E-state index contributed by atoms with van der Waals surface area (Å²) in [4.78, 5) is 0. The third-order valence-electron chi connectivity index (χ3n) is 4.48. The van der Waals surface area contributed by atoms with Crippen LogP contribution < -0.4 is 5.73 Å². The molecule has 0 aliphatic heterocycles. The number of aromatic nitrogens is 2. The molecule has 0 spiro atoms. The van der Waals surface area contributed by atoms with Crippen molar-refractivity contribution in [2.45, 2.75) is 57.0 Å². The first-order valence-corrected chi connectivity index (χ1v) is 8.15. The Balaban J connectivity index is 1.49. The highest BCUT2D eigenvalue weighted by atomic mass is 15.3. The van der Waals surface area contributed by atoms with Crippen molar-refractivity contribution in [1.82, 2.24) is 9.78 Å². The lowest BCUT2D eigenvalue weighted by Gasteiger charge is -2.11. The van der Waals surface area contributed by atoms with Gasteiger partial charge in [0.2, 0.25) is 0 Å². The molecule has 0 amide bonds. The number of hydrogen-bond donors (Lipinski definition) is 1. The Morgan fingerprint density at radius 1 is 1.14 bits per heavy atom. The maximum absolute atomic E-state index is 6.27. The van der Waals surface area contributed by atoms with Gasteiger partial charge in [-0.15, -0.1) is 0 Å². The summed E-state index contributed by atoms with van der Waals surface area (Å²) in [5.41, 5.74) is 8.77. The number of nitrogens with zero attached hydrogens (tertiary/aromatic N) is 2. The smallest absolute Gasteiger partial charge is 0.0640 e. The first-order valence-electron chi connectivity index (χ1n) is 8.15. The van der Waals surface area contributed by atoms with Crippen LogP contribution in [0.15, 0.2) is 42.6 Å². The van der Waals surface area contributed by atoms with Crippen LogP contribution in [0.1, 0.15) is 49.4 Å². The van der Waals surface area contributed by atoms with Gasteiger partial charge in [0, 0.05) is 18.7 Å². The van der Waals surface area contributed by atoms with E-state index in [4.69, 9.17) is 10.8 Å². The zero-order chi connectivity index (χ0) is 14.5. The molecule has 1 aliphatic rings. The molecule has 1 aliphatic carbocycles. The van der Waals surface area contributed by atoms with E-state index in [0.717, 1.165) is 25.0 Å². The van der Waals surface area contributed by atoms with E-state index in [1.807, 2.05) is 0 Å². The molecule has 1 atom stereocenters. The zero-order valence-corrected chi connectivity index (χ0v) is 12.6. The second-order valence-electron chi connectivity index (χ2n) is 6.21. The van der Waals surface area contributed by atoms with Crippen molar-refractivity contribution in [3.63, 3.8) is 0 Å². The molecule has 1 unspecified atom stereocenters. The molecule has 1 saturated carbocycles. The van der Waals surface area contributed by atoms with Crippen LogP contribution in [0.3, 0.4) is 0 Å². The maximum atomic E-state index is 6.27. The number of nitrogens with two attached hydrogens (primary N) is 1. The summed E-state index contributed by atoms with van der Waals surface area (Å²) in [6.45, 7) is 0. The summed E-state index contributed by atoms with van der Waals surface area (Å²) >= 11 is 0. The van der Waals surface area contributed by atoms with Crippen LogP contribution >= 0.6 is 0 Å². The van der Waals surface area contributed by atoms with Gasteiger partial charge >= 0.3 is 0 Å². The highest BCUT2D eigenvalue weighted by Gasteiger charge is 2.17. The molecule has 0 radical (unpaired) electrons. The Bertz CT molecular complexity index is 541. The van der Waals surface area contributed by atoms with Crippen molar-refractivity contribution in [1.29, 1.82) is 0 Å². The van der Waals surface area contributed by atoms with Crippen LogP contribution in [-0.4, -0.2) is 15.8 Å². The molecule has 2 N–H and O–H groups in total. The van der Waals surface area contributed by atoms with E-state index in [1.54, 1.807) is 0 Å². The van der Waals surface area contributed by atoms with Crippen LogP contribution in [0.5, 0.6) is 0 Å². The molecule has 1 heterocycles. The minimum atomic E-state index is 0.192. The van der Waals surface area contributed by atoms with E-state index in [2.05, 4.69) is 47.3 Å². The van der Waals surface area contributed by atoms with Crippen LogP contribution in [0.2, 0.25) is 0 Å². The molecule has 1 aromatic heterocycles. The van der Waals surface area contributed by atoms with Crippen molar-refractivity contribution < 1.29 is 0 Å². The first kappa shape index (κ1) is 14.3. The van der Waals surface area contributed by atoms with Gasteiger partial charge in [-0.25, -0.2) is 0 Å². The van der Waals surface area contributed by atoms with Crippen molar-refractivity contribution in [3.05, 3.63) is 53.9 Å². The van der Waals surface area contributed by atoms with Gasteiger partial charge in [-0.05, 0) is 37.3 Å². The quantitative estimate of drug-likeness (QED) is 0.881. The second-order valence-corrected chi connectivity index (χ2v) is 6.21. The van der Waals surface area contributed by atoms with Gasteiger partial charge in [0.1, 0.15) is 0 Å². The largest absolute Gasteiger partial charge is 0.327 e. The minimum Gasteiger partial charge on any atom is -0.327 e. The predicted molar refractivity (Wildman–Crippen MR) is 86.2 cm³/mol. The van der Waals surface area contributed by atoms with Crippen molar-refractivity contribution in [2.75, 3.05) is 0 Å². The van der Waals surface area contributed by atoms with Crippen LogP contribution in [0.25, 0.3) is 0 Å². The molecular weight excluding hydrogens is 258 g/mol. The van der Waals surface area contributed by atoms with Crippen molar-refractivity contribution in [2.24, 2.45) is 5.73 Å². The van der Waals surface area contributed by atoms with E-state index >= 15 is 0 Å². The van der Waals surface area contributed by atoms with E-state index < -0.39 is 0 Å². The SMILES string of the molecule is NC(CCc1ccccc1)Cc1ccn(C2CCCC2)n1. The molecule has 112 valence electrons. The molecular formula is C18H25N3. The van der Waals surface area contributed by atoms with E-state index in [9.17, 15) is 0 Å². The molecule has 21 heavy (non-hydrogen) atoms. The molecule has 0 saturated heterocycles. The molecule has 3 rings (SSSR count). The lowest BCUT2D eigenvalue weighted by Crippen LogP contribution is -2.24. The topological polar surface area (TPSA) is 43.8 Å². The minimum absolute atomic E-state index is 0.192. The van der Waals surface area contributed by atoms with Gasteiger partial charge in [0.15, 0.2) is 0 Å². The third kappa shape index (κ3) is 3.94. The molecule has 1 aromatic carbocycles. The van der Waals surface area contributed by atoms with Gasteiger partial charge in [-0.2, -0.15) is 5.10 Å². The highest BCUT2D eigenvalue weighted by Crippen LogP contribution is 2.28. The summed E-state index contributed by atoms with van der Waals surface area (Å²) < 4.78 is 2.16. The average Bonchev–Trinajstić information content (AvgIpc) is 3.17. The molecule has 3 nitrogen and oxygen atoms in total. The lowest BCUT2D eigenvalue weighted by atomic mass is 10.0. The van der Waals surface area contributed by atoms with Gasteiger partial charge in [0.05, 0.1) is 11.7 Å². The standard InChI is InChI=1S/C18H25N3/c19-16(11-10-15-6-2-1-3-7-15)14-17-12-13-21(20-17)18-8-4-5-9-18/h1-3,6-7,12-13,16,18H,4-5,8-11,14,19H2. The Labute approximate surface area is 127 Å². The number of rotatable bonds is 6. The van der Waals surface area contributed by atoms with Gasteiger partial charge in [0.25, 0.3) is 0 Å². The first-order chi connectivity index (χ1) is 10.3. The Morgan fingerprint density at radius 2 is 1.90 bits per heavy atom. The van der Waals surface area contributed by atoms with E-state index in [-0.39, 0.29) is 6.04 Å². The summed E-state index contributed by atoms with van der Waals surface area (Å²) in [7, 11) is 0. The number of aryl methyl sites for hydroxylation is 1. The Morgan fingerprint density at radius 3 is 2.67 bits per heavy atom. The maximum Gasteiger partial charge on any atom is 0.0640 e. The zero-order valence-electron chi connectivity index (χ0n) is 12.6. The Hall–Kier alpha value is -1.61. The fraction of sp³-hybridized carbons (Fsp3) is 0.500. The second kappa shape index (κ2) is 6.90. The third-order valence-corrected chi connectivity index (χ3v) is 4.48. The predicted octanol–water partition coefficient (Wildman–Crippen LogP) is 3.50. The Kier molecular flexibility index (Phi) is 4.71. The normalized spacial score (nSPS) is 17.2. The van der Waals surface area contributed by atoms with Crippen LogP contribution in [0, 0.1) is 0 Å². The monoisotopic (exact) mass is 283 g/mol. The van der Waals surface area contributed by atoms with Gasteiger partial charge in [-0.1, -0.05) is 43.2 Å².